The molecule has 0 aliphatic carbocycles. The molecule has 0 saturated carbocycles. The lowest BCUT2D eigenvalue weighted by molar-refractivity contribution is -0.122. The van der Waals surface area contributed by atoms with Crippen molar-refractivity contribution in [3.05, 3.63) is 60.2 Å². The number of aromatic nitrogens is 4. The molecule has 8 nitrogen and oxygen atoms in total. The molecular weight excluding hydrogens is 390 g/mol. The summed E-state index contributed by atoms with van der Waals surface area (Å²) >= 11 is 0. The fraction of sp³-hybridized carbons (Fsp3) is 0.348. The third-order valence-electron chi connectivity index (χ3n) is 5.29. The van der Waals surface area contributed by atoms with Gasteiger partial charge in [-0.25, -0.2) is 9.97 Å². The van der Waals surface area contributed by atoms with Gasteiger partial charge < -0.3 is 10.6 Å². The molecule has 0 fully saturated rings. The van der Waals surface area contributed by atoms with Crippen LogP contribution in [0.1, 0.15) is 24.6 Å². The highest BCUT2D eigenvalue weighted by atomic mass is 16.2. The first kappa shape index (κ1) is 20.9. The van der Waals surface area contributed by atoms with Crippen molar-refractivity contribution in [3.8, 4) is 11.4 Å². The minimum Gasteiger partial charge on any atom is -0.355 e. The highest BCUT2D eigenvalue weighted by molar-refractivity contribution is 5.78. The van der Waals surface area contributed by atoms with E-state index in [2.05, 4.69) is 48.5 Å². The quantitative estimate of drug-likeness (QED) is 0.628. The van der Waals surface area contributed by atoms with Crippen molar-refractivity contribution >= 4 is 17.5 Å². The zero-order valence-corrected chi connectivity index (χ0v) is 17.7. The molecule has 0 saturated heterocycles. The summed E-state index contributed by atoms with van der Waals surface area (Å²) in [7, 11) is 0. The Hall–Kier alpha value is -3.39. The van der Waals surface area contributed by atoms with Crippen LogP contribution >= 0.6 is 0 Å². The van der Waals surface area contributed by atoms with Crippen molar-refractivity contribution in [2.24, 2.45) is 0 Å². The molecule has 3 heterocycles. The van der Waals surface area contributed by atoms with E-state index in [0.717, 1.165) is 54.9 Å². The number of nitrogens with zero attached hydrogens (tertiary/aromatic N) is 5. The Morgan fingerprint density at radius 3 is 2.94 bits per heavy atom. The molecule has 1 aromatic carbocycles. The van der Waals surface area contributed by atoms with Crippen molar-refractivity contribution in [2.75, 3.05) is 31.5 Å². The van der Waals surface area contributed by atoms with Gasteiger partial charge in [0.05, 0.1) is 6.54 Å². The van der Waals surface area contributed by atoms with E-state index < -0.39 is 0 Å². The van der Waals surface area contributed by atoms with Gasteiger partial charge in [-0.3, -0.25) is 14.7 Å². The molecule has 31 heavy (non-hydrogen) atoms. The number of rotatable bonds is 1. The maximum absolute atomic E-state index is 12.4. The van der Waals surface area contributed by atoms with Crippen LogP contribution in [-0.4, -0.2) is 56.9 Å². The molecule has 1 aliphatic heterocycles. The van der Waals surface area contributed by atoms with E-state index in [1.165, 1.54) is 6.33 Å². The van der Waals surface area contributed by atoms with Crippen molar-refractivity contribution in [1.29, 1.82) is 0 Å². The molecular formula is C23H27N7O. The van der Waals surface area contributed by atoms with Crippen molar-refractivity contribution < 1.29 is 4.79 Å². The predicted molar refractivity (Wildman–Crippen MR) is 120 cm³/mol. The molecule has 3 aromatic rings. The van der Waals surface area contributed by atoms with E-state index >= 15 is 0 Å². The van der Waals surface area contributed by atoms with E-state index in [1.807, 2.05) is 30.3 Å². The lowest BCUT2D eigenvalue weighted by atomic mass is 10.1. The molecule has 1 amide bonds. The summed E-state index contributed by atoms with van der Waals surface area (Å²) < 4.78 is 0. The molecule has 0 atom stereocenters. The average molecular weight is 418 g/mol. The number of hydrogen-bond donors (Lipinski definition) is 2. The van der Waals surface area contributed by atoms with Gasteiger partial charge in [0.25, 0.3) is 0 Å². The van der Waals surface area contributed by atoms with Gasteiger partial charge in [-0.2, -0.15) is 4.98 Å². The summed E-state index contributed by atoms with van der Waals surface area (Å²) in [6, 6.07) is 12.0. The number of likely N-dealkylation sites (N-methyl/N-ethyl adjacent to an activating group) is 1. The second-order valence-electron chi connectivity index (χ2n) is 7.57. The van der Waals surface area contributed by atoms with Crippen LogP contribution in [0.4, 0.5) is 11.6 Å². The fourth-order valence-electron chi connectivity index (χ4n) is 3.62. The van der Waals surface area contributed by atoms with Crippen LogP contribution in [0.2, 0.25) is 0 Å². The van der Waals surface area contributed by atoms with Gasteiger partial charge in [0.2, 0.25) is 11.9 Å². The van der Waals surface area contributed by atoms with E-state index in [1.54, 1.807) is 6.20 Å². The molecule has 1 aliphatic rings. The van der Waals surface area contributed by atoms with E-state index in [0.29, 0.717) is 24.9 Å². The zero-order chi connectivity index (χ0) is 21.5. The van der Waals surface area contributed by atoms with Gasteiger partial charge in [-0.05, 0) is 62.2 Å². The molecule has 160 valence electrons. The molecule has 0 spiro atoms. The van der Waals surface area contributed by atoms with E-state index in [9.17, 15) is 4.79 Å². The molecule has 2 N–H and O–H groups in total. The Labute approximate surface area is 182 Å². The Balaban J connectivity index is 1.62. The number of pyridine rings is 1. The third kappa shape index (κ3) is 5.82. The second-order valence-corrected chi connectivity index (χ2v) is 7.57. The second kappa shape index (κ2) is 10.1. The molecule has 0 radical (unpaired) electrons. The Morgan fingerprint density at radius 2 is 2.03 bits per heavy atom. The van der Waals surface area contributed by atoms with Gasteiger partial charge in [0.1, 0.15) is 6.33 Å². The normalized spacial score (nSPS) is 15.7. The van der Waals surface area contributed by atoms with Crippen molar-refractivity contribution in [3.63, 3.8) is 0 Å². The minimum absolute atomic E-state index is 0.0599. The molecule has 4 rings (SSSR count). The van der Waals surface area contributed by atoms with Crippen LogP contribution in [0.5, 0.6) is 0 Å². The van der Waals surface area contributed by atoms with Gasteiger partial charge in [0.15, 0.2) is 5.82 Å². The molecule has 8 heteroatoms. The summed E-state index contributed by atoms with van der Waals surface area (Å²) in [5.41, 5.74) is 3.92. The van der Waals surface area contributed by atoms with Crippen molar-refractivity contribution in [2.45, 2.75) is 26.2 Å². The maximum Gasteiger partial charge on any atom is 0.234 e. The molecule has 0 unspecified atom stereocenters. The summed E-state index contributed by atoms with van der Waals surface area (Å²) in [5, 5.41) is 6.29. The van der Waals surface area contributed by atoms with Crippen LogP contribution in [0, 0.1) is 0 Å². The average Bonchev–Trinajstić information content (AvgIpc) is 2.78. The fourth-order valence-corrected chi connectivity index (χ4v) is 3.62. The third-order valence-corrected chi connectivity index (χ3v) is 5.29. The first-order valence-electron chi connectivity index (χ1n) is 10.7. The lowest BCUT2D eigenvalue weighted by Crippen LogP contribution is -2.38. The topological polar surface area (TPSA) is 95.9 Å². The van der Waals surface area contributed by atoms with Crippen LogP contribution in [-0.2, 0) is 17.6 Å². The summed E-state index contributed by atoms with van der Waals surface area (Å²) in [6.07, 6.45) is 5.82. The Bertz CT molecular complexity index is 1040. The number of anilines is 2. The SMILES string of the molecule is CCN1CCCc2cc(ccn2)-c2ncnc(n2)Nc2cccc(c2)CCNC(=O)C1. The van der Waals surface area contributed by atoms with Crippen LogP contribution in [0.25, 0.3) is 11.4 Å². The Morgan fingerprint density at radius 1 is 1.10 bits per heavy atom. The summed E-state index contributed by atoms with van der Waals surface area (Å²) in [4.78, 5) is 32.2. The number of nitrogens with one attached hydrogen (secondary N) is 2. The van der Waals surface area contributed by atoms with E-state index in [-0.39, 0.29) is 5.91 Å². The number of carbonyl (C=O) groups excluding carboxylic acids is 1. The number of benzene rings is 1. The standard InChI is InChI=1S/C23H27N7O/c1-2-30-12-4-7-19-14-18(9-11-24-19)22-26-16-27-23(29-22)28-20-6-3-5-17(13-20)8-10-25-21(31)15-30/h3,5-6,9,11,13-14,16H,2,4,7-8,10,12,15H2,1H3,(H,25,31)(H,26,27,28,29). The highest BCUT2D eigenvalue weighted by Crippen LogP contribution is 2.19. The lowest BCUT2D eigenvalue weighted by Gasteiger charge is -2.19. The zero-order valence-electron chi connectivity index (χ0n) is 17.7. The van der Waals surface area contributed by atoms with Crippen molar-refractivity contribution in [1.82, 2.24) is 30.2 Å². The van der Waals surface area contributed by atoms with Gasteiger partial charge in [-0.1, -0.05) is 19.1 Å². The van der Waals surface area contributed by atoms with Crippen LogP contribution in [0.3, 0.4) is 0 Å². The largest absolute Gasteiger partial charge is 0.355 e. The maximum atomic E-state index is 12.4. The predicted octanol–water partition coefficient (Wildman–Crippen LogP) is 2.60. The summed E-state index contributed by atoms with van der Waals surface area (Å²) in [5.74, 6) is 1.16. The number of fused-ring (bicyclic) bond motifs is 7. The summed E-state index contributed by atoms with van der Waals surface area (Å²) in [6.45, 7) is 4.78. The van der Waals surface area contributed by atoms with Gasteiger partial charge in [0, 0.05) is 29.7 Å². The first-order chi connectivity index (χ1) is 15.2. The number of carbonyl (C=O) groups is 1. The minimum atomic E-state index is 0.0599. The van der Waals surface area contributed by atoms with Crippen LogP contribution < -0.4 is 10.6 Å². The monoisotopic (exact) mass is 417 g/mol. The molecule has 6 bridgehead atoms. The number of aryl methyl sites for hydroxylation is 1. The number of hydrogen-bond acceptors (Lipinski definition) is 7. The Kier molecular flexibility index (Phi) is 6.78. The molecule has 2 aromatic heterocycles. The van der Waals surface area contributed by atoms with E-state index in [4.69, 9.17) is 0 Å². The highest BCUT2D eigenvalue weighted by Gasteiger charge is 2.11. The van der Waals surface area contributed by atoms with Crippen LogP contribution in [0.15, 0.2) is 48.9 Å². The van der Waals surface area contributed by atoms with Gasteiger partial charge in [-0.15, -0.1) is 0 Å². The smallest absolute Gasteiger partial charge is 0.234 e. The van der Waals surface area contributed by atoms with Gasteiger partial charge >= 0.3 is 0 Å². The first-order valence-corrected chi connectivity index (χ1v) is 10.7. The number of amides is 1.